The highest BCUT2D eigenvalue weighted by Crippen LogP contribution is 2.64. The highest BCUT2D eigenvalue weighted by atomic mass is 15.2. The number of benzene rings is 9. The van der Waals surface area contributed by atoms with Crippen LogP contribution in [0.3, 0.4) is 0 Å². The van der Waals surface area contributed by atoms with Gasteiger partial charge in [-0.25, -0.2) is 15.0 Å². The van der Waals surface area contributed by atoms with Gasteiger partial charge in [0.2, 0.25) is 0 Å². The Bertz CT molecular complexity index is 3080. The van der Waals surface area contributed by atoms with Crippen molar-refractivity contribution in [2.24, 2.45) is 0 Å². The summed E-state index contributed by atoms with van der Waals surface area (Å²) in [6, 6.07) is 87.5. The third kappa shape index (κ3) is 5.51. The lowest BCUT2D eigenvalue weighted by atomic mass is 9.50. The summed E-state index contributed by atoms with van der Waals surface area (Å²) in [5.74, 6) is 1.91. The number of hydrogen-bond acceptors (Lipinski definition) is 4. The van der Waals surface area contributed by atoms with Gasteiger partial charge < -0.3 is 4.90 Å². The van der Waals surface area contributed by atoms with Crippen molar-refractivity contribution in [1.29, 1.82) is 0 Å². The van der Waals surface area contributed by atoms with E-state index in [0.29, 0.717) is 17.5 Å². The monoisotopic (exact) mass is 804 g/mol. The van der Waals surface area contributed by atoms with E-state index < -0.39 is 10.8 Å². The van der Waals surface area contributed by atoms with Gasteiger partial charge in [0.15, 0.2) is 17.5 Å². The highest BCUT2D eigenvalue weighted by Gasteiger charge is 2.56. The van der Waals surface area contributed by atoms with E-state index in [1.807, 2.05) is 60.7 Å². The molecule has 0 saturated carbocycles. The SMILES string of the molecule is c1ccc(-c2nc(-c3ccccc3)nc(-c3ccc(N4c5ccccc5C5(c6ccccc64)c4ccccc4C(c4ccccc4)(c4ccccc4)c4ccccc45)cc3)n2)cc1. The number of nitrogens with zero attached hydrogens (tertiary/aromatic N) is 4. The van der Waals surface area contributed by atoms with Crippen LogP contribution in [0.25, 0.3) is 34.2 Å². The molecular weight excluding hydrogens is 765 g/mol. The molecule has 9 aromatic carbocycles. The highest BCUT2D eigenvalue weighted by molar-refractivity contribution is 5.92. The smallest absolute Gasteiger partial charge is 0.164 e. The van der Waals surface area contributed by atoms with Gasteiger partial charge in [0.05, 0.1) is 22.2 Å². The lowest BCUT2D eigenvalue weighted by Crippen LogP contribution is -2.47. The van der Waals surface area contributed by atoms with Crippen molar-refractivity contribution >= 4 is 17.1 Å². The number of para-hydroxylation sites is 2. The van der Waals surface area contributed by atoms with Crippen LogP contribution in [-0.4, -0.2) is 15.0 Å². The first-order valence-corrected chi connectivity index (χ1v) is 21.5. The van der Waals surface area contributed by atoms with Gasteiger partial charge in [-0.2, -0.15) is 0 Å². The van der Waals surface area contributed by atoms with Crippen molar-refractivity contribution in [3.63, 3.8) is 0 Å². The van der Waals surface area contributed by atoms with Crippen LogP contribution >= 0.6 is 0 Å². The average molecular weight is 805 g/mol. The minimum absolute atomic E-state index is 0.562. The fourth-order valence-corrected chi connectivity index (χ4v) is 10.5. The van der Waals surface area contributed by atoms with Crippen LogP contribution < -0.4 is 4.90 Å². The summed E-state index contributed by atoms with van der Waals surface area (Å²) in [4.78, 5) is 17.4. The van der Waals surface area contributed by atoms with Crippen LogP contribution in [0.1, 0.15) is 44.5 Å². The molecule has 1 aliphatic heterocycles. The van der Waals surface area contributed by atoms with Gasteiger partial charge in [0.25, 0.3) is 0 Å². The first kappa shape index (κ1) is 36.6. The van der Waals surface area contributed by atoms with E-state index in [2.05, 4.69) is 187 Å². The Morgan fingerprint density at radius 1 is 0.254 bits per heavy atom. The number of aromatic nitrogens is 3. The van der Waals surface area contributed by atoms with Crippen molar-refractivity contribution < 1.29 is 0 Å². The van der Waals surface area contributed by atoms with Crippen molar-refractivity contribution in [1.82, 2.24) is 15.0 Å². The van der Waals surface area contributed by atoms with Crippen LogP contribution in [0.5, 0.6) is 0 Å². The first-order valence-electron chi connectivity index (χ1n) is 21.5. The van der Waals surface area contributed by atoms with Crippen molar-refractivity contribution in [3.05, 3.63) is 287 Å². The Kier molecular flexibility index (Phi) is 8.58. The Morgan fingerprint density at radius 3 is 0.952 bits per heavy atom. The molecule has 0 atom stereocenters. The van der Waals surface area contributed by atoms with E-state index in [4.69, 9.17) is 15.0 Å². The molecule has 0 bridgehead atoms. The standard InChI is InChI=1S/C59H40N4/c1-5-21-41(22-6-1)55-60-56(42-23-7-2-8-24-42)62-57(61-55)43-37-39-46(40-38-43)63-53-35-19-17-33-51(53)59(52-34-18-20-36-54(52)63)49-31-15-13-29-47(49)58(44-25-9-3-10-26-44,45-27-11-4-12-28-45)48-30-14-16-32-50(48)59/h1-40H. The van der Waals surface area contributed by atoms with E-state index >= 15 is 0 Å². The van der Waals surface area contributed by atoms with E-state index in [9.17, 15) is 0 Å². The largest absolute Gasteiger partial charge is 0.310 e. The molecule has 296 valence electrons. The molecule has 0 saturated heterocycles. The Hall–Kier alpha value is -8.21. The molecule has 0 radical (unpaired) electrons. The maximum absolute atomic E-state index is 5.03. The van der Waals surface area contributed by atoms with Gasteiger partial charge in [0, 0.05) is 22.4 Å². The summed E-state index contributed by atoms with van der Waals surface area (Å²) in [5, 5.41) is 0. The lowest BCUT2D eigenvalue weighted by Gasteiger charge is -2.54. The second-order valence-electron chi connectivity index (χ2n) is 16.3. The topological polar surface area (TPSA) is 41.9 Å². The number of hydrogen-bond donors (Lipinski definition) is 0. The summed E-state index contributed by atoms with van der Waals surface area (Å²) in [6.45, 7) is 0. The summed E-state index contributed by atoms with van der Waals surface area (Å²) in [7, 11) is 0. The molecular formula is C59H40N4. The summed E-state index contributed by atoms with van der Waals surface area (Å²) < 4.78 is 0. The maximum Gasteiger partial charge on any atom is 0.164 e. The fourth-order valence-electron chi connectivity index (χ4n) is 10.5. The molecule has 12 rings (SSSR count). The molecule has 4 nitrogen and oxygen atoms in total. The summed E-state index contributed by atoms with van der Waals surface area (Å²) in [6.07, 6.45) is 0. The third-order valence-corrected chi connectivity index (χ3v) is 13.1. The third-order valence-electron chi connectivity index (χ3n) is 13.1. The van der Waals surface area contributed by atoms with E-state index in [1.165, 1.54) is 44.5 Å². The zero-order valence-electron chi connectivity index (χ0n) is 34.4. The molecule has 10 aromatic rings. The molecule has 2 aliphatic rings. The molecule has 1 aliphatic carbocycles. The zero-order chi connectivity index (χ0) is 41.8. The van der Waals surface area contributed by atoms with Crippen LogP contribution in [0.4, 0.5) is 17.1 Å². The molecule has 1 spiro atoms. The molecule has 4 heteroatoms. The van der Waals surface area contributed by atoms with Gasteiger partial charge in [-0.1, -0.05) is 206 Å². The molecule has 0 N–H and O–H groups in total. The molecule has 0 unspecified atom stereocenters. The van der Waals surface area contributed by atoms with Gasteiger partial charge >= 0.3 is 0 Å². The molecule has 1 aromatic heterocycles. The predicted molar refractivity (Wildman–Crippen MR) is 255 cm³/mol. The van der Waals surface area contributed by atoms with E-state index in [0.717, 1.165) is 33.8 Å². The second-order valence-corrected chi connectivity index (χ2v) is 16.3. The quantitative estimate of drug-likeness (QED) is 0.168. The minimum Gasteiger partial charge on any atom is -0.310 e. The van der Waals surface area contributed by atoms with Crippen molar-refractivity contribution in [3.8, 4) is 34.2 Å². The van der Waals surface area contributed by atoms with Gasteiger partial charge in [-0.3, -0.25) is 0 Å². The zero-order valence-corrected chi connectivity index (χ0v) is 34.4. The van der Waals surface area contributed by atoms with Crippen LogP contribution in [-0.2, 0) is 10.8 Å². The number of anilines is 3. The molecule has 0 fully saturated rings. The lowest BCUT2D eigenvalue weighted by molar-refractivity contribution is 0.611. The normalized spacial score (nSPS) is 13.9. The van der Waals surface area contributed by atoms with E-state index in [-0.39, 0.29) is 0 Å². The van der Waals surface area contributed by atoms with E-state index in [1.54, 1.807) is 0 Å². The molecule has 63 heavy (non-hydrogen) atoms. The van der Waals surface area contributed by atoms with Crippen LogP contribution in [0.15, 0.2) is 243 Å². The average Bonchev–Trinajstić information content (AvgIpc) is 3.37. The summed E-state index contributed by atoms with van der Waals surface area (Å²) in [5.41, 5.74) is 15.0. The number of fused-ring (bicyclic) bond motifs is 8. The van der Waals surface area contributed by atoms with Gasteiger partial charge in [-0.05, 0) is 80.9 Å². The summed E-state index contributed by atoms with van der Waals surface area (Å²) >= 11 is 0. The second kappa shape index (κ2) is 14.8. The Labute approximate surface area is 367 Å². The molecule has 0 amide bonds. The first-order chi connectivity index (χ1) is 31.3. The van der Waals surface area contributed by atoms with Crippen molar-refractivity contribution in [2.45, 2.75) is 10.8 Å². The Morgan fingerprint density at radius 2 is 0.556 bits per heavy atom. The van der Waals surface area contributed by atoms with Crippen molar-refractivity contribution in [2.75, 3.05) is 4.90 Å². The maximum atomic E-state index is 5.03. The Balaban J connectivity index is 1.06. The van der Waals surface area contributed by atoms with Crippen LogP contribution in [0.2, 0.25) is 0 Å². The van der Waals surface area contributed by atoms with Gasteiger partial charge in [-0.15, -0.1) is 0 Å². The van der Waals surface area contributed by atoms with Gasteiger partial charge in [0.1, 0.15) is 0 Å². The molecule has 2 heterocycles. The predicted octanol–water partition coefficient (Wildman–Crippen LogP) is 13.7. The fraction of sp³-hybridized carbons (Fsp3) is 0.0339. The minimum atomic E-state index is -0.629. The van der Waals surface area contributed by atoms with Crippen LogP contribution in [0, 0.1) is 0 Å². The number of rotatable bonds is 6.